The van der Waals surface area contributed by atoms with E-state index in [1.807, 2.05) is 48.3 Å². The molecule has 0 aliphatic rings. The Morgan fingerprint density at radius 1 is 1.00 bits per heavy atom. The molecule has 0 radical (unpaired) electrons. The second-order valence-electron chi connectivity index (χ2n) is 6.44. The van der Waals surface area contributed by atoms with Crippen molar-refractivity contribution in [3.05, 3.63) is 60.1 Å². The average molecular weight is 419 g/mol. The van der Waals surface area contributed by atoms with Crippen LogP contribution in [-0.4, -0.2) is 48.7 Å². The van der Waals surface area contributed by atoms with Gasteiger partial charge in [-0.3, -0.25) is 0 Å². The first-order chi connectivity index (χ1) is 14.7. The second kappa shape index (κ2) is 7.20. The lowest BCUT2D eigenvalue weighted by Gasteiger charge is -2.19. The topological polar surface area (TPSA) is 94.2 Å². The predicted molar refractivity (Wildman–Crippen MR) is 113 cm³/mol. The van der Waals surface area contributed by atoms with Crippen LogP contribution in [0.15, 0.2) is 54.9 Å². The number of para-hydroxylation sites is 1. The number of ether oxygens (including phenoxy) is 1. The molecule has 5 aromatic rings. The molecule has 0 aliphatic carbocycles. The van der Waals surface area contributed by atoms with Crippen molar-refractivity contribution in [2.24, 2.45) is 0 Å². The van der Waals surface area contributed by atoms with E-state index in [0.29, 0.717) is 29.1 Å². The average Bonchev–Trinajstić information content (AvgIpc) is 3.19. The van der Waals surface area contributed by atoms with E-state index in [1.54, 1.807) is 30.0 Å². The molecular formula is C20H15ClN8O. The maximum absolute atomic E-state index is 6.21. The Bertz CT molecular complexity index is 1370. The van der Waals surface area contributed by atoms with E-state index in [1.165, 1.54) is 0 Å². The zero-order valence-corrected chi connectivity index (χ0v) is 16.8. The van der Waals surface area contributed by atoms with Gasteiger partial charge in [-0.25, -0.2) is 19.4 Å². The molecule has 0 bridgehead atoms. The van der Waals surface area contributed by atoms with Gasteiger partial charge in [-0.2, -0.15) is 4.98 Å². The van der Waals surface area contributed by atoms with E-state index >= 15 is 0 Å². The first-order valence-electron chi connectivity index (χ1n) is 9.02. The zero-order valence-electron chi connectivity index (χ0n) is 16.1. The summed E-state index contributed by atoms with van der Waals surface area (Å²) in [6, 6.07) is 13.2. The lowest BCUT2D eigenvalue weighted by atomic mass is 10.2. The van der Waals surface area contributed by atoms with Crippen molar-refractivity contribution in [1.29, 1.82) is 0 Å². The number of pyridine rings is 1. The molecule has 1 aromatic carbocycles. The van der Waals surface area contributed by atoms with Crippen LogP contribution < -0.4 is 9.64 Å². The van der Waals surface area contributed by atoms with Crippen LogP contribution in [0.3, 0.4) is 0 Å². The standard InChI is InChI=1S/C20H15ClN8O/c1-28(15-9-10-22-17(24-15)12-7-8-16(30-2)23-11-12)18-13-5-3-4-6-14(13)29-19(21)26-27-20(29)25-18/h3-11H,1-2H3. The molecule has 4 aromatic heterocycles. The molecule has 4 heterocycles. The van der Waals surface area contributed by atoms with Crippen molar-refractivity contribution in [3.63, 3.8) is 0 Å². The Kier molecular flexibility index (Phi) is 4.36. The molecule has 0 saturated heterocycles. The molecule has 0 fully saturated rings. The lowest BCUT2D eigenvalue weighted by Crippen LogP contribution is -2.15. The Labute approximate surface area is 176 Å². The number of methoxy groups -OCH3 is 1. The number of hydrogen-bond acceptors (Lipinski definition) is 8. The van der Waals surface area contributed by atoms with E-state index in [0.717, 1.165) is 16.5 Å². The van der Waals surface area contributed by atoms with E-state index in [9.17, 15) is 0 Å². The molecule has 0 N–H and O–H groups in total. The quantitative estimate of drug-likeness (QED) is 0.437. The molecule has 9 nitrogen and oxygen atoms in total. The van der Waals surface area contributed by atoms with Crippen molar-refractivity contribution in [1.82, 2.24) is 34.5 Å². The van der Waals surface area contributed by atoms with E-state index in [4.69, 9.17) is 21.3 Å². The van der Waals surface area contributed by atoms with Crippen molar-refractivity contribution in [3.8, 4) is 17.3 Å². The van der Waals surface area contributed by atoms with Gasteiger partial charge in [0.25, 0.3) is 5.78 Å². The largest absolute Gasteiger partial charge is 0.481 e. The Hall–Kier alpha value is -3.85. The van der Waals surface area contributed by atoms with Crippen LogP contribution in [0.1, 0.15) is 0 Å². The number of nitrogens with zero attached hydrogens (tertiary/aromatic N) is 8. The highest BCUT2D eigenvalue weighted by Crippen LogP contribution is 2.30. The van der Waals surface area contributed by atoms with Gasteiger partial charge in [0, 0.05) is 36.5 Å². The smallest absolute Gasteiger partial charge is 0.258 e. The van der Waals surface area contributed by atoms with Crippen molar-refractivity contribution in [2.45, 2.75) is 0 Å². The van der Waals surface area contributed by atoms with Crippen molar-refractivity contribution < 1.29 is 4.74 Å². The predicted octanol–water partition coefficient (Wildman–Crippen LogP) is 3.56. The Morgan fingerprint density at radius 2 is 1.87 bits per heavy atom. The Balaban J connectivity index is 1.62. The van der Waals surface area contributed by atoms with Gasteiger partial charge in [0.1, 0.15) is 11.6 Å². The van der Waals surface area contributed by atoms with Crippen molar-refractivity contribution >= 4 is 39.9 Å². The van der Waals surface area contributed by atoms with Crippen LogP contribution in [0, 0.1) is 0 Å². The van der Waals surface area contributed by atoms with E-state index in [-0.39, 0.29) is 5.28 Å². The minimum atomic E-state index is 0.263. The summed E-state index contributed by atoms with van der Waals surface area (Å²) >= 11 is 6.21. The molecule has 5 rings (SSSR count). The fraction of sp³-hybridized carbons (Fsp3) is 0.100. The van der Waals surface area contributed by atoms with Gasteiger partial charge < -0.3 is 9.64 Å². The molecule has 0 unspecified atom stereocenters. The van der Waals surface area contributed by atoms with Gasteiger partial charge in [-0.05, 0) is 35.9 Å². The number of benzene rings is 1. The summed E-state index contributed by atoms with van der Waals surface area (Å²) in [6.07, 6.45) is 3.38. The van der Waals surface area contributed by atoms with Crippen LogP contribution >= 0.6 is 11.6 Å². The number of anilines is 2. The fourth-order valence-electron chi connectivity index (χ4n) is 3.22. The van der Waals surface area contributed by atoms with E-state index < -0.39 is 0 Å². The third-order valence-electron chi connectivity index (χ3n) is 4.70. The summed E-state index contributed by atoms with van der Waals surface area (Å²) in [4.78, 5) is 19.8. The number of fused-ring (bicyclic) bond motifs is 3. The molecular weight excluding hydrogens is 404 g/mol. The minimum absolute atomic E-state index is 0.263. The second-order valence-corrected chi connectivity index (χ2v) is 6.78. The third kappa shape index (κ3) is 2.96. The molecule has 0 saturated carbocycles. The Morgan fingerprint density at radius 3 is 2.67 bits per heavy atom. The summed E-state index contributed by atoms with van der Waals surface area (Å²) < 4.78 is 6.82. The molecule has 10 heteroatoms. The van der Waals surface area contributed by atoms with Crippen LogP contribution in [0.5, 0.6) is 5.88 Å². The van der Waals surface area contributed by atoms with Crippen LogP contribution in [0.4, 0.5) is 11.6 Å². The summed E-state index contributed by atoms with van der Waals surface area (Å²) in [5, 5.41) is 9.17. The third-order valence-corrected chi connectivity index (χ3v) is 4.95. The molecule has 0 amide bonds. The zero-order chi connectivity index (χ0) is 20.7. The van der Waals surface area contributed by atoms with Crippen LogP contribution in [0.25, 0.3) is 28.1 Å². The van der Waals surface area contributed by atoms with E-state index in [2.05, 4.69) is 25.1 Å². The highest BCUT2D eigenvalue weighted by atomic mass is 35.5. The minimum Gasteiger partial charge on any atom is -0.481 e. The molecule has 0 spiro atoms. The number of hydrogen-bond donors (Lipinski definition) is 0. The van der Waals surface area contributed by atoms with Gasteiger partial charge >= 0.3 is 0 Å². The molecule has 148 valence electrons. The first-order valence-corrected chi connectivity index (χ1v) is 9.40. The monoisotopic (exact) mass is 418 g/mol. The number of rotatable bonds is 4. The van der Waals surface area contributed by atoms with Crippen molar-refractivity contribution in [2.75, 3.05) is 19.1 Å². The van der Waals surface area contributed by atoms with Gasteiger partial charge in [0.15, 0.2) is 5.82 Å². The highest BCUT2D eigenvalue weighted by molar-refractivity contribution is 6.29. The molecule has 0 aliphatic heterocycles. The van der Waals surface area contributed by atoms with Gasteiger partial charge in [0.2, 0.25) is 11.2 Å². The molecule has 0 atom stereocenters. The maximum Gasteiger partial charge on any atom is 0.258 e. The normalized spacial score (nSPS) is 11.2. The maximum atomic E-state index is 6.21. The summed E-state index contributed by atoms with van der Waals surface area (Å²) in [5.74, 6) is 2.84. The van der Waals surface area contributed by atoms with Crippen LogP contribution in [0.2, 0.25) is 5.28 Å². The number of halogens is 1. The summed E-state index contributed by atoms with van der Waals surface area (Å²) in [7, 11) is 3.46. The summed E-state index contributed by atoms with van der Waals surface area (Å²) in [6.45, 7) is 0. The van der Waals surface area contributed by atoms with Gasteiger partial charge in [-0.15, -0.1) is 10.2 Å². The number of aromatic nitrogens is 7. The SMILES string of the molecule is COc1ccc(-c2nccc(N(C)c3nc4nnc(Cl)n4c4ccccc34)n2)cn1. The van der Waals surface area contributed by atoms with Gasteiger partial charge in [0.05, 0.1) is 12.6 Å². The first kappa shape index (κ1) is 18.2. The summed E-state index contributed by atoms with van der Waals surface area (Å²) in [5.41, 5.74) is 1.64. The molecule has 30 heavy (non-hydrogen) atoms. The lowest BCUT2D eigenvalue weighted by molar-refractivity contribution is 0.398. The van der Waals surface area contributed by atoms with Gasteiger partial charge in [-0.1, -0.05) is 12.1 Å². The highest BCUT2D eigenvalue weighted by Gasteiger charge is 2.17. The van der Waals surface area contributed by atoms with Crippen LogP contribution in [-0.2, 0) is 0 Å². The fourth-order valence-corrected chi connectivity index (χ4v) is 3.43.